The summed E-state index contributed by atoms with van der Waals surface area (Å²) in [5, 5.41) is 11.1. The number of halogens is 2. The number of hydrogen-bond acceptors (Lipinski definition) is 4. The fraction of sp³-hybridized carbons (Fsp3) is 0.125. The van der Waals surface area contributed by atoms with E-state index < -0.39 is 5.82 Å². The first kappa shape index (κ1) is 10.0. The second kappa shape index (κ2) is 3.92. The minimum Gasteiger partial charge on any atom is -0.324 e. The molecule has 1 aromatic carbocycles. The van der Waals surface area contributed by atoms with Crippen molar-refractivity contribution in [3.8, 4) is 5.69 Å². The van der Waals surface area contributed by atoms with E-state index in [-0.39, 0.29) is 11.6 Å². The predicted molar refractivity (Wildman–Crippen MR) is 52.0 cm³/mol. The summed E-state index contributed by atoms with van der Waals surface area (Å²) in [6.45, 7) is 0.168. The van der Waals surface area contributed by atoms with Gasteiger partial charge in [0.25, 0.3) is 0 Å². The summed E-state index contributed by atoms with van der Waals surface area (Å²) in [6, 6.07) is 4.04. The molecule has 2 N–H and O–H groups in total. The monoisotopic (exact) mass is 227 g/mol. The average molecular weight is 228 g/mol. The van der Waals surface area contributed by atoms with Gasteiger partial charge in [0, 0.05) is 5.02 Å². The Labute approximate surface area is 89.6 Å². The quantitative estimate of drug-likeness (QED) is 0.828. The number of rotatable bonds is 2. The number of aromatic nitrogens is 4. The van der Waals surface area contributed by atoms with Crippen molar-refractivity contribution in [3.05, 3.63) is 34.9 Å². The van der Waals surface area contributed by atoms with Crippen LogP contribution in [0.1, 0.15) is 5.82 Å². The van der Waals surface area contributed by atoms with E-state index in [1.165, 1.54) is 16.8 Å². The summed E-state index contributed by atoms with van der Waals surface area (Å²) >= 11 is 5.71. The second-order valence-corrected chi connectivity index (χ2v) is 3.28. The molecule has 0 fully saturated rings. The van der Waals surface area contributed by atoms with Gasteiger partial charge in [-0.15, -0.1) is 5.10 Å². The molecule has 0 aliphatic rings. The third kappa shape index (κ3) is 1.95. The second-order valence-electron chi connectivity index (χ2n) is 2.84. The standard InChI is InChI=1S/C8H7ClFN5/c9-5-1-6(10)3-7(2-5)15-8(4-11)12-13-14-15/h1-3H,4,11H2. The van der Waals surface area contributed by atoms with Gasteiger partial charge in [0.05, 0.1) is 12.2 Å². The summed E-state index contributed by atoms with van der Waals surface area (Å²) in [5.41, 5.74) is 5.87. The van der Waals surface area contributed by atoms with Crippen molar-refractivity contribution in [2.45, 2.75) is 6.54 Å². The molecule has 15 heavy (non-hydrogen) atoms. The minimum atomic E-state index is -0.448. The highest BCUT2D eigenvalue weighted by Crippen LogP contribution is 2.17. The maximum atomic E-state index is 13.1. The molecule has 0 spiro atoms. The zero-order chi connectivity index (χ0) is 10.8. The zero-order valence-electron chi connectivity index (χ0n) is 7.56. The molecule has 0 amide bonds. The molecule has 78 valence electrons. The lowest BCUT2D eigenvalue weighted by molar-refractivity contribution is 0.624. The van der Waals surface area contributed by atoms with E-state index in [1.807, 2.05) is 0 Å². The van der Waals surface area contributed by atoms with Crippen molar-refractivity contribution >= 4 is 11.6 Å². The molecular formula is C8H7ClFN5. The van der Waals surface area contributed by atoms with Gasteiger partial charge >= 0.3 is 0 Å². The van der Waals surface area contributed by atoms with Crippen LogP contribution in [-0.4, -0.2) is 20.2 Å². The fourth-order valence-corrected chi connectivity index (χ4v) is 1.41. The van der Waals surface area contributed by atoms with E-state index in [1.54, 1.807) is 6.07 Å². The molecule has 0 aliphatic carbocycles. The van der Waals surface area contributed by atoms with Crippen LogP contribution < -0.4 is 5.73 Å². The Balaban J connectivity index is 2.53. The van der Waals surface area contributed by atoms with Gasteiger partial charge in [-0.3, -0.25) is 0 Å². The molecule has 0 unspecified atom stereocenters. The van der Waals surface area contributed by atoms with E-state index >= 15 is 0 Å². The summed E-state index contributed by atoms with van der Waals surface area (Å²) < 4.78 is 14.4. The number of nitrogens with zero attached hydrogens (tertiary/aromatic N) is 4. The third-order valence-electron chi connectivity index (χ3n) is 1.81. The fourth-order valence-electron chi connectivity index (χ4n) is 1.20. The summed E-state index contributed by atoms with van der Waals surface area (Å²) in [5.74, 6) is -0.00682. The van der Waals surface area contributed by atoms with Crippen molar-refractivity contribution < 1.29 is 4.39 Å². The van der Waals surface area contributed by atoms with Crippen LogP contribution in [0, 0.1) is 5.82 Å². The number of benzene rings is 1. The van der Waals surface area contributed by atoms with Gasteiger partial charge in [0.1, 0.15) is 5.82 Å². The maximum Gasteiger partial charge on any atom is 0.170 e. The Morgan fingerprint density at radius 2 is 2.20 bits per heavy atom. The Hall–Kier alpha value is -1.53. The lowest BCUT2D eigenvalue weighted by Gasteiger charge is -2.03. The van der Waals surface area contributed by atoms with Crippen molar-refractivity contribution in [2.75, 3.05) is 0 Å². The Morgan fingerprint density at radius 3 is 2.87 bits per heavy atom. The van der Waals surface area contributed by atoms with E-state index in [0.29, 0.717) is 11.5 Å². The van der Waals surface area contributed by atoms with E-state index in [0.717, 1.165) is 0 Å². The normalized spacial score (nSPS) is 10.6. The van der Waals surface area contributed by atoms with Crippen molar-refractivity contribution in [3.63, 3.8) is 0 Å². The summed E-state index contributed by atoms with van der Waals surface area (Å²) in [7, 11) is 0. The van der Waals surface area contributed by atoms with Crippen molar-refractivity contribution in [1.29, 1.82) is 0 Å². The first-order chi connectivity index (χ1) is 7.20. The molecule has 0 radical (unpaired) electrons. The largest absolute Gasteiger partial charge is 0.324 e. The molecule has 2 rings (SSSR count). The van der Waals surface area contributed by atoms with Gasteiger partial charge in [0.2, 0.25) is 0 Å². The topological polar surface area (TPSA) is 69.6 Å². The van der Waals surface area contributed by atoms with Gasteiger partial charge in [0.15, 0.2) is 5.82 Å². The molecule has 5 nitrogen and oxygen atoms in total. The van der Waals surface area contributed by atoms with Crippen LogP contribution in [0.5, 0.6) is 0 Å². The highest BCUT2D eigenvalue weighted by Gasteiger charge is 2.08. The Kier molecular flexibility index (Phi) is 2.61. The highest BCUT2D eigenvalue weighted by molar-refractivity contribution is 6.30. The Morgan fingerprint density at radius 1 is 1.40 bits per heavy atom. The van der Waals surface area contributed by atoms with Crippen LogP contribution in [0.4, 0.5) is 4.39 Å². The summed E-state index contributed by atoms with van der Waals surface area (Å²) in [4.78, 5) is 0. The maximum absolute atomic E-state index is 13.1. The lowest BCUT2D eigenvalue weighted by atomic mass is 10.3. The van der Waals surface area contributed by atoms with Gasteiger partial charge in [-0.1, -0.05) is 11.6 Å². The van der Waals surface area contributed by atoms with Crippen LogP contribution in [0.2, 0.25) is 5.02 Å². The van der Waals surface area contributed by atoms with Gasteiger partial charge in [-0.05, 0) is 28.6 Å². The third-order valence-corrected chi connectivity index (χ3v) is 2.03. The molecule has 0 saturated heterocycles. The number of nitrogens with two attached hydrogens (primary N) is 1. The van der Waals surface area contributed by atoms with Gasteiger partial charge in [-0.2, -0.15) is 4.68 Å². The molecule has 0 atom stereocenters. The van der Waals surface area contributed by atoms with Crippen molar-refractivity contribution in [1.82, 2.24) is 20.2 Å². The first-order valence-corrected chi connectivity index (χ1v) is 4.52. The first-order valence-electron chi connectivity index (χ1n) is 4.14. The smallest absolute Gasteiger partial charge is 0.170 e. The van der Waals surface area contributed by atoms with Crippen LogP contribution in [0.3, 0.4) is 0 Å². The molecule has 0 saturated carbocycles. The molecular weight excluding hydrogens is 221 g/mol. The predicted octanol–water partition coefficient (Wildman–Crippen LogP) is 0.914. The van der Waals surface area contributed by atoms with Crippen LogP contribution >= 0.6 is 11.6 Å². The van der Waals surface area contributed by atoms with Crippen LogP contribution in [-0.2, 0) is 6.54 Å². The highest BCUT2D eigenvalue weighted by atomic mass is 35.5. The molecule has 1 heterocycles. The van der Waals surface area contributed by atoms with Crippen molar-refractivity contribution in [2.24, 2.45) is 5.73 Å². The average Bonchev–Trinajstić information content (AvgIpc) is 2.63. The van der Waals surface area contributed by atoms with E-state index in [2.05, 4.69) is 15.5 Å². The van der Waals surface area contributed by atoms with E-state index in [4.69, 9.17) is 17.3 Å². The molecule has 0 aliphatic heterocycles. The molecule has 2 aromatic rings. The molecule has 1 aromatic heterocycles. The lowest BCUT2D eigenvalue weighted by Crippen LogP contribution is -2.08. The van der Waals surface area contributed by atoms with E-state index in [9.17, 15) is 4.39 Å². The number of hydrogen-bond donors (Lipinski definition) is 1. The SMILES string of the molecule is NCc1nnnn1-c1cc(F)cc(Cl)c1. The van der Waals surface area contributed by atoms with Gasteiger partial charge < -0.3 is 5.73 Å². The molecule has 7 heteroatoms. The van der Waals surface area contributed by atoms with Crippen LogP contribution in [0.25, 0.3) is 5.69 Å². The zero-order valence-corrected chi connectivity index (χ0v) is 8.32. The molecule has 0 bridgehead atoms. The number of tetrazole rings is 1. The van der Waals surface area contributed by atoms with Gasteiger partial charge in [-0.25, -0.2) is 4.39 Å². The Bertz CT molecular complexity index is 463. The minimum absolute atomic E-state index is 0.168. The summed E-state index contributed by atoms with van der Waals surface area (Å²) in [6.07, 6.45) is 0. The van der Waals surface area contributed by atoms with Crippen LogP contribution in [0.15, 0.2) is 18.2 Å².